The number of hydrogen-bond donors (Lipinski definition) is 2. The molecule has 1 aliphatic heterocycles. The fourth-order valence-electron chi connectivity index (χ4n) is 2.97. The van der Waals surface area contributed by atoms with E-state index in [1.54, 1.807) is 21.0 Å². The van der Waals surface area contributed by atoms with Crippen LogP contribution in [0.1, 0.15) is 30.9 Å². The fourth-order valence-corrected chi connectivity index (χ4v) is 3.82. The largest absolute Gasteiger partial charge is 0.488 e. The summed E-state index contributed by atoms with van der Waals surface area (Å²) in [6, 6.07) is 6.18. The zero-order chi connectivity index (χ0) is 21.3. The standard InChI is InChI=1S/C20H34N4O4S/c1-5-29(25,26)24(4)11-6-10-22-20(21-3)23-14-17-8-7-16(2)13-19(17)28-18-9-12-27-15-18/h7-8,13,18H,5-6,9-12,14-15H2,1-4H3,(H2,21,22,23). The second-order valence-electron chi connectivity index (χ2n) is 7.14. The van der Waals surface area contributed by atoms with E-state index < -0.39 is 10.0 Å². The van der Waals surface area contributed by atoms with Crippen molar-refractivity contribution in [2.24, 2.45) is 4.99 Å². The maximum Gasteiger partial charge on any atom is 0.213 e. The third-order valence-electron chi connectivity index (χ3n) is 4.86. The van der Waals surface area contributed by atoms with Gasteiger partial charge in [-0.15, -0.1) is 0 Å². The summed E-state index contributed by atoms with van der Waals surface area (Å²) in [7, 11) is 0.193. The number of sulfonamides is 1. The number of aryl methyl sites for hydroxylation is 1. The van der Waals surface area contributed by atoms with Gasteiger partial charge in [0, 0.05) is 45.7 Å². The van der Waals surface area contributed by atoms with Crippen LogP contribution in [-0.2, 0) is 21.3 Å². The molecule has 9 heteroatoms. The summed E-state index contributed by atoms with van der Waals surface area (Å²) in [6.45, 7) is 6.75. The number of nitrogens with one attached hydrogen (secondary N) is 2. The van der Waals surface area contributed by atoms with Crippen molar-refractivity contribution in [2.75, 3.05) is 46.2 Å². The van der Waals surface area contributed by atoms with Gasteiger partial charge in [0.15, 0.2) is 5.96 Å². The number of hydrogen-bond acceptors (Lipinski definition) is 5. The van der Waals surface area contributed by atoms with Crippen molar-refractivity contribution in [1.82, 2.24) is 14.9 Å². The maximum atomic E-state index is 11.8. The van der Waals surface area contributed by atoms with Crippen LogP contribution in [0, 0.1) is 6.92 Å². The first-order chi connectivity index (χ1) is 13.9. The molecule has 0 saturated carbocycles. The van der Waals surface area contributed by atoms with E-state index in [1.165, 1.54) is 4.31 Å². The quantitative estimate of drug-likeness (QED) is 0.335. The molecule has 0 amide bonds. The van der Waals surface area contributed by atoms with Crippen molar-refractivity contribution < 1.29 is 17.9 Å². The normalized spacial score (nSPS) is 17.6. The Labute approximate surface area is 174 Å². The Bertz CT molecular complexity index is 777. The molecule has 2 N–H and O–H groups in total. The number of aliphatic imine (C=N–C) groups is 1. The van der Waals surface area contributed by atoms with E-state index in [-0.39, 0.29) is 11.9 Å². The van der Waals surface area contributed by atoms with Crippen LogP contribution in [0.5, 0.6) is 5.75 Å². The molecule has 1 atom stereocenters. The molecule has 1 unspecified atom stereocenters. The average Bonchev–Trinajstić information content (AvgIpc) is 3.21. The highest BCUT2D eigenvalue weighted by atomic mass is 32.2. The number of guanidine groups is 1. The highest BCUT2D eigenvalue weighted by Crippen LogP contribution is 2.23. The SMILES string of the molecule is CCS(=O)(=O)N(C)CCCNC(=NC)NCc1ccc(C)cc1OC1CCOC1. The smallest absolute Gasteiger partial charge is 0.213 e. The fraction of sp³-hybridized carbons (Fsp3) is 0.650. The lowest BCUT2D eigenvalue weighted by molar-refractivity contribution is 0.140. The van der Waals surface area contributed by atoms with E-state index in [2.05, 4.69) is 33.8 Å². The van der Waals surface area contributed by atoms with Gasteiger partial charge in [-0.25, -0.2) is 12.7 Å². The van der Waals surface area contributed by atoms with Gasteiger partial charge in [0.05, 0.1) is 19.0 Å². The van der Waals surface area contributed by atoms with Gasteiger partial charge < -0.3 is 20.1 Å². The Morgan fingerprint density at radius 3 is 2.83 bits per heavy atom. The summed E-state index contributed by atoms with van der Waals surface area (Å²) >= 11 is 0. The molecule has 1 aromatic rings. The Balaban J connectivity index is 1.83. The van der Waals surface area contributed by atoms with Crippen molar-refractivity contribution in [1.29, 1.82) is 0 Å². The molecule has 164 valence electrons. The summed E-state index contributed by atoms with van der Waals surface area (Å²) in [5.74, 6) is 1.66. The van der Waals surface area contributed by atoms with Crippen LogP contribution in [0.15, 0.2) is 23.2 Å². The molecule has 0 aromatic heterocycles. The lowest BCUT2D eigenvalue weighted by Gasteiger charge is -2.18. The van der Waals surface area contributed by atoms with Gasteiger partial charge in [-0.3, -0.25) is 4.99 Å². The average molecular weight is 427 g/mol. The Morgan fingerprint density at radius 2 is 2.17 bits per heavy atom. The number of ether oxygens (including phenoxy) is 2. The predicted octanol–water partition coefficient (Wildman–Crippen LogP) is 1.50. The highest BCUT2D eigenvalue weighted by Gasteiger charge is 2.19. The molecule has 1 heterocycles. The first-order valence-corrected chi connectivity index (χ1v) is 11.7. The Morgan fingerprint density at radius 1 is 1.38 bits per heavy atom. The van der Waals surface area contributed by atoms with Gasteiger partial charge in [-0.05, 0) is 31.9 Å². The molecule has 2 rings (SSSR count). The van der Waals surface area contributed by atoms with E-state index in [0.717, 1.165) is 29.9 Å². The second kappa shape index (κ2) is 11.4. The minimum absolute atomic E-state index is 0.101. The minimum atomic E-state index is -3.13. The third kappa shape index (κ3) is 7.49. The number of benzene rings is 1. The minimum Gasteiger partial charge on any atom is -0.488 e. The van der Waals surface area contributed by atoms with Crippen LogP contribution < -0.4 is 15.4 Å². The monoisotopic (exact) mass is 426 g/mol. The van der Waals surface area contributed by atoms with Crippen molar-refractivity contribution in [3.63, 3.8) is 0 Å². The van der Waals surface area contributed by atoms with Crippen LogP contribution in [0.4, 0.5) is 0 Å². The maximum absolute atomic E-state index is 11.8. The molecule has 0 bridgehead atoms. The summed E-state index contributed by atoms with van der Waals surface area (Å²) in [5.41, 5.74) is 2.20. The molecule has 29 heavy (non-hydrogen) atoms. The zero-order valence-corrected chi connectivity index (χ0v) is 18.7. The van der Waals surface area contributed by atoms with E-state index in [4.69, 9.17) is 9.47 Å². The third-order valence-corrected chi connectivity index (χ3v) is 6.72. The van der Waals surface area contributed by atoms with Crippen molar-refractivity contribution in [3.05, 3.63) is 29.3 Å². The van der Waals surface area contributed by atoms with E-state index in [0.29, 0.717) is 38.6 Å². The van der Waals surface area contributed by atoms with E-state index in [1.807, 2.05) is 6.92 Å². The number of nitrogens with zero attached hydrogens (tertiary/aromatic N) is 2. The van der Waals surface area contributed by atoms with Crippen LogP contribution in [0.3, 0.4) is 0 Å². The molecule has 0 radical (unpaired) electrons. The number of rotatable bonds is 10. The first-order valence-electron chi connectivity index (χ1n) is 10.1. The predicted molar refractivity (Wildman–Crippen MR) is 116 cm³/mol. The molecule has 1 saturated heterocycles. The van der Waals surface area contributed by atoms with Gasteiger partial charge in [0.25, 0.3) is 0 Å². The van der Waals surface area contributed by atoms with Gasteiger partial charge in [0.2, 0.25) is 10.0 Å². The summed E-state index contributed by atoms with van der Waals surface area (Å²) < 4.78 is 36.5. The Kier molecular flexibility index (Phi) is 9.19. The van der Waals surface area contributed by atoms with E-state index in [9.17, 15) is 8.42 Å². The molecular formula is C20H34N4O4S. The van der Waals surface area contributed by atoms with Crippen molar-refractivity contribution in [3.8, 4) is 5.75 Å². The topological polar surface area (TPSA) is 92.3 Å². The summed E-state index contributed by atoms with van der Waals surface area (Å²) in [6.07, 6.45) is 1.70. The Hall–Kier alpha value is -1.84. The van der Waals surface area contributed by atoms with Crippen LogP contribution in [0.2, 0.25) is 0 Å². The molecule has 0 aliphatic carbocycles. The molecule has 1 fully saturated rings. The van der Waals surface area contributed by atoms with Crippen LogP contribution >= 0.6 is 0 Å². The van der Waals surface area contributed by atoms with Gasteiger partial charge in [-0.1, -0.05) is 12.1 Å². The van der Waals surface area contributed by atoms with Crippen molar-refractivity contribution in [2.45, 2.75) is 39.3 Å². The van der Waals surface area contributed by atoms with Gasteiger partial charge in [-0.2, -0.15) is 0 Å². The zero-order valence-electron chi connectivity index (χ0n) is 17.9. The second-order valence-corrected chi connectivity index (χ2v) is 9.51. The van der Waals surface area contributed by atoms with Gasteiger partial charge in [0.1, 0.15) is 11.9 Å². The lowest BCUT2D eigenvalue weighted by Crippen LogP contribution is -2.38. The molecule has 0 spiro atoms. The molecule has 1 aromatic carbocycles. The molecular weight excluding hydrogens is 392 g/mol. The first kappa shape index (κ1) is 23.4. The molecule has 8 nitrogen and oxygen atoms in total. The van der Waals surface area contributed by atoms with Crippen molar-refractivity contribution >= 4 is 16.0 Å². The summed E-state index contributed by atoms with van der Waals surface area (Å²) in [4.78, 5) is 4.24. The van der Waals surface area contributed by atoms with E-state index >= 15 is 0 Å². The lowest BCUT2D eigenvalue weighted by atomic mass is 10.1. The van der Waals surface area contributed by atoms with Crippen LogP contribution in [-0.4, -0.2) is 70.9 Å². The van der Waals surface area contributed by atoms with Gasteiger partial charge >= 0.3 is 0 Å². The highest BCUT2D eigenvalue weighted by molar-refractivity contribution is 7.89. The summed E-state index contributed by atoms with van der Waals surface area (Å²) in [5, 5.41) is 6.52. The van der Waals surface area contributed by atoms with Crippen LogP contribution in [0.25, 0.3) is 0 Å². The molecule has 1 aliphatic rings.